The molecule has 0 saturated carbocycles. The number of likely N-dealkylation sites (tertiary alicyclic amines) is 1. The summed E-state index contributed by atoms with van der Waals surface area (Å²) in [6.07, 6.45) is 6.53. The molecule has 1 aromatic heterocycles. The van der Waals surface area contributed by atoms with Crippen LogP contribution in [0.3, 0.4) is 0 Å². The zero-order chi connectivity index (χ0) is 14.3. The smallest absolute Gasteiger partial charge is 0.136 e. The van der Waals surface area contributed by atoms with Gasteiger partial charge in [0, 0.05) is 43.9 Å². The van der Waals surface area contributed by atoms with Gasteiger partial charge in [0.15, 0.2) is 0 Å². The Morgan fingerprint density at radius 2 is 1.81 bits per heavy atom. The molecule has 110 valence electrons. The van der Waals surface area contributed by atoms with E-state index in [-0.39, 0.29) is 5.60 Å². The number of benzene rings is 1. The average Bonchev–Trinajstić information content (AvgIpc) is 3.13. The summed E-state index contributed by atoms with van der Waals surface area (Å²) in [5.41, 5.74) is 1.26. The molecule has 1 unspecified atom stereocenters. The maximum absolute atomic E-state index is 6.52. The molecular formula is C18H22N2O. The van der Waals surface area contributed by atoms with Gasteiger partial charge in [0.2, 0.25) is 0 Å². The van der Waals surface area contributed by atoms with Gasteiger partial charge in [-0.05, 0) is 24.7 Å². The van der Waals surface area contributed by atoms with Crippen molar-refractivity contribution in [3.8, 4) is 5.75 Å². The number of piperidine rings is 1. The molecular weight excluding hydrogens is 260 g/mol. The van der Waals surface area contributed by atoms with Gasteiger partial charge in [0.05, 0.1) is 0 Å². The van der Waals surface area contributed by atoms with Crippen molar-refractivity contribution in [1.82, 2.24) is 9.47 Å². The quantitative estimate of drug-likeness (QED) is 0.840. The van der Waals surface area contributed by atoms with Gasteiger partial charge in [-0.2, -0.15) is 0 Å². The van der Waals surface area contributed by atoms with Crippen LogP contribution in [0.1, 0.15) is 31.4 Å². The first kappa shape index (κ1) is 13.0. The lowest BCUT2D eigenvalue weighted by Crippen LogP contribution is -2.50. The predicted octanol–water partition coefficient (Wildman–Crippen LogP) is 3.32. The SMILES string of the molecule is CCN1CCC2(CC1)Oc1ccccc1C2n1cccc1. The number of ether oxygens (including phenoxy) is 1. The lowest BCUT2D eigenvalue weighted by Gasteiger charge is -2.42. The topological polar surface area (TPSA) is 17.4 Å². The Bertz CT molecular complexity index is 612. The molecule has 2 aliphatic heterocycles. The molecule has 0 aliphatic carbocycles. The highest BCUT2D eigenvalue weighted by molar-refractivity contribution is 5.43. The molecule has 1 fully saturated rings. The van der Waals surface area contributed by atoms with E-state index in [0.29, 0.717) is 6.04 Å². The highest BCUT2D eigenvalue weighted by Gasteiger charge is 2.50. The fraction of sp³-hybridized carbons (Fsp3) is 0.444. The summed E-state index contributed by atoms with van der Waals surface area (Å²) in [6.45, 7) is 5.63. The first-order valence-corrected chi connectivity index (χ1v) is 7.95. The lowest BCUT2D eigenvalue weighted by atomic mass is 9.82. The second-order valence-corrected chi connectivity index (χ2v) is 6.17. The zero-order valence-corrected chi connectivity index (χ0v) is 12.5. The van der Waals surface area contributed by atoms with Crippen molar-refractivity contribution in [3.05, 3.63) is 54.4 Å². The monoisotopic (exact) mass is 282 g/mol. The number of hydrogen-bond donors (Lipinski definition) is 0. The molecule has 1 atom stereocenters. The van der Waals surface area contributed by atoms with Gasteiger partial charge in [-0.1, -0.05) is 25.1 Å². The standard InChI is InChI=1S/C18H22N2O/c1-2-19-13-9-18(10-14-19)17(20-11-5-6-12-20)15-7-3-4-8-16(15)21-18/h3-8,11-12,17H,2,9-10,13-14H2,1H3. The Morgan fingerprint density at radius 1 is 1.10 bits per heavy atom. The number of aromatic nitrogens is 1. The van der Waals surface area contributed by atoms with E-state index >= 15 is 0 Å². The number of fused-ring (bicyclic) bond motifs is 1. The summed E-state index contributed by atoms with van der Waals surface area (Å²) >= 11 is 0. The fourth-order valence-electron chi connectivity index (χ4n) is 3.93. The molecule has 1 spiro atoms. The van der Waals surface area contributed by atoms with Crippen molar-refractivity contribution in [1.29, 1.82) is 0 Å². The van der Waals surface area contributed by atoms with Gasteiger partial charge in [-0.3, -0.25) is 0 Å². The molecule has 0 N–H and O–H groups in total. The molecule has 2 aliphatic rings. The van der Waals surface area contributed by atoms with Gasteiger partial charge in [-0.15, -0.1) is 0 Å². The number of para-hydroxylation sites is 1. The molecule has 21 heavy (non-hydrogen) atoms. The summed E-state index contributed by atoms with van der Waals surface area (Å²) in [6, 6.07) is 13.1. The number of rotatable bonds is 2. The van der Waals surface area contributed by atoms with Crippen molar-refractivity contribution in [2.24, 2.45) is 0 Å². The van der Waals surface area contributed by atoms with E-state index in [9.17, 15) is 0 Å². The zero-order valence-electron chi connectivity index (χ0n) is 12.5. The van der Waals surface area contributed by atoms with Crippen LogP contribution in [-0.2, 0) is 0 Å². The first-order chi connectivity index (χ1) is 10.3. The number of hydrogen-bond acceptors (Lipinski definition) is 2. The third-order valence-electron chi connectivity index (χ3n) is 5.10. The largest absolute Gasteiger partial charge is 0.484 e. The highest BCUT2D eigenvalue weighted by Crippen LogP contribution is 2.50. The van der Waals surface area contributed by atoms with Crippen LogP contribution in [0, 0.1) is 0 Å². The Hall–Kier alpha value is -1.74. The maximum Gasteiger partial charge on any atom is 0.136 e. The van der Waals surface area contributed by atoms with E-state index in [4.69, 9.17) is 4.74 Å². The summed E-state index contributed by atoms with van der Waals surface area (Å²) in [5.74, 6) is 1.07. The van der Waals surface area contributed by atoms with Crippen LogP contribution in [0.4, 0.5) is 0 Å². The van der Waals surface area contributed by atoms with Crippen LogP contribution in [0.15, 0.2) is 48.8 Å². The summed E-state index contributed by atoms with van der Waals surface area (Å²) in [5, 5.41) is 0. The van der Waals surface area contributed by atoms with Gasteiger partial charge in [-0.25, -0.2) is 0 Å². The second-order valence-electron chi connectivity index (χ2n) is 6.17. The molecule has 1 saturated heterocycles. The van der Waals surface area contributed by atoms with Crippen LogP contribution >= 0.6 is 0 Å². The molecule has 3 heteroatoms. The minimum Gasteiger partial charge on any atom is -0.484 e. The van der Waals surface area contributed by atoms with E-state index in [1.807, 2.05) is 0 Å². The molecule has 3 heterocycles. The number of nitrogens with zero attached hydrogens (tertiary/aromatic N) is 2. The normalized spacial score (nSPS) is 24.0. The van der Waals surface area contributed by atoms with Crippen molar-refractivity contribution in [3.63, 3.8) is 0 Å². The predicted molar refractivity (Wildman–Crippen MR) is 83.7 cm³/mol. The molecule has 2 aromatic rings. The molecule has 0 amide bonds. The molecule has 0 bridgehead atoms. The van der Waals surface area contributed by atoms with E-state index in [1.165, 1.54) is 5.56 Å². The minimum absolute atomic E-state index is 0.0750. The molecule has 1 aromatic carbocycles. The molecule has 4 rings (SSSR count). The van der Waals surface area contributed by atoms with E-state index in [2.05, 4.69) is 65.2 Å². The third-order valence-corrected chi connectivity index (χ3v) is 5.10. The highest BCUT2D eigenvalue weighted by atomic mass is 16.5. The van der Waals surface area contributed by atoms with Crippen LogP contribution in [-0.4, -0.2) is 34.7 Å². The van der Waals surface area contributed by atoms with E-state index in [1.54, 1.807) is 0 Å². The minimum atomic E-state index is -0.0750. The fourth-order valence-corrected chi connectivity index (χ4v) is 3.93. The van der Waals surface area contributed by atoms with Crippen LogP contribution in [0.2, 0.25) is 0 Å². The van der Waals surface area contributed by atoms with Crippen molar-refractivity contribution in [2.75, 3.05) is 19.6 Å². The first-order valence-electron chi connectivity index (χ1n) is 7.95. The summed E-state index contributed by atoms with van der Waals surface area (Å²) in [4.78, 5) is 2.52. The summed E-state index contributed by atoms with van der Waals surface area (Å²) in [7, 11) is 0. The van der Waals surface area contributed by atoms with Crippen LogP contribution < -0.4 is 4.74 Å². The van der Waals surface area contributed by atoms with Crippen molar-refractivity contribution < 1.29 is 4.74 Å². The molecule has 3 nitrogen and oxygen atoms in total. The lowest BCUT2D eigenvalue weighted by molar-refractivity contribution is -0.00564. The van der Waals surface area contributed by atoms with Crippen LogP contribution in [0.25, 0.3) is 0 Å². The van der Waals surface area contributed by atoms with Gasteiger partial charge < -0.3 is 14.2 Å². The Morgan fingerprint density at radius 3 is 2.52 bits per heavy atom. The van der Waals surface area contributed by atoms with Crippen molar-refractivity contribution >= 4 is 0 Å². The molecule has 0 radical (unpaired) electrons. The maximum atomic E-state index is 6.52. The van der Waals surface area contributed by atoms with Crippen molar-refractivity contribution in [2.45, 2.75) is 31.4 Å². The Kier molecular flexibility index (Phi) is 3.03. The Labute approximate surface area is 126 Å². The van der Waals surface area contributed by atoms with E-state index < -0.39 is 0 Å². The third kappa shape index (κ3) is 1.99. The van der Waals surface area contributed by atoms with Gasteiger partial charge in [0.25, 0.3) is 0 Å². The second kappa shape index (κ2) is 4.92. The van der Waals surface area contributed by atoms with E-state index in [0.717, 1.165) is 38.2 Å². The Balaban J connectivity index is 1.75. The summed E-state index contributed by atoms with van der Waals surface area (Å²) < 4.78 is 8.84. The van der Waals surface area contributed by atoms with Gasteiger partial charge in [0.1, 0.15) is 17.4 Å². The van der Waals surface area contributed by atoms with Crippen LogP contribution in [0.5, 0.6) is 5.75 Å². The average molecular weight is 282 g/mol. The van der Waals surface area contributed by atoms with Gasteiger partial charge >= 0.3 is 0 Å².